The Bertz CT molecular complexity index is 424. The Morgan fingerprint density at radius 2 is 2.12 bits per heavy atom. The van der Waals surface area contributed by atoms with Crippen molar-refractivity contribution in [2.75, 3.05) is 0 Å². The highest BCUT2D eigenvalue weighted by atomic mass is 15.3. The van der Waals surface area contributed by atoms with Crippen molar-refractivity contribution in [1.29, 1.82) is 0 Å². The first-order chi connectivity index (χ1) is 8.31. The summed E-state index contributed by atoms with van der Waals surface area (Å²) in [7, 11) is 2.06. The minimum atomic E-state index is 0.258. The number of nitrogens with two attached hydrogens (primary N) is 1. The lowest BCUT2D eigenvalue weighted by molar-refractivity contribution is 0.358. The summed E-state index contributed by atoms with van der Waals surface area (Å²) in [6, 6.07) is 0.258. The number of hydrogen-bond acceptors (Lipinski definition) is 3. The maximum absolute atomic E-state index is 5.79. The van der Waals surface area contributed by atoms with Crippen LogP contribution >= 0.6 is 0 Å². The lowest BCUT2D eigenvalue weighted by Gasteiger charge is -2.19. The second kappa shape index (κ2) is 3.33. The van der Waals surface area contributed by atoms with E-state index in [2.05, 4.69) is 22.0 Å². The van der Waals surface area contributed by atoms with E-state index in [0.717, 1.165) is 35.4 Å². The van der Waals surface area contributed by atoms with Gasteiger partial charge in [-0.2, -0.15) is 0 Å². The van der Waals surface area contributed by atoms with Crippen molar-refractivity contribution in [3.8, 4) is 0 Å². The Balaban J connectivity index is 1.61. The molecular formula is C13H20N4. The number of hydrogen-bond donors (Lipinski definition) is 2. The van der Waals surface area contributed by atoms with Crippen LogP contribution < -0.4 is 11.3 Å². The number of nitrogens with zero attached hydrogens (tertiary/aromatic N) is 2. The maximum Gasteiger partial charge on any atom is 0.127 e. The quantitative estimate of drug-likeness (QED) is 0.608. The molecule has 0 saturated heterocycles. The van der Waals surface area contributed by atoms with Crippen LogP contribution in [0.5, 0.6) is 0 Å². The number of fused-ring (bicyclic) bond motifs is 5. The van der Waals surface area contributed by atoms with Crippen LogP contribution in [0.3, 0.4) is 0 Å². The van der Waals surface area contributed by atoms with E-state index in [0.29, 0.717) is 0 Å². The van der Waals surface area contributed by atoms with Crippen LogP contribution in [0.15, 0.2) is 12.4 Å². The third-order valence-corrected chi connectivity index (χ3v) is 5.50. The predicted molar refractivity (Wildman–Crippen MR) is 64.6 cm³/mol. The van der Waals surface area contributed by atoms with Crippen LogP contribution in [0.2, 0.25) is 0 Å². The van der Waals surface area contributed by atoms with Gasteiger partial charge >= 0.3 is 0 Å². The number of aromatic nitrogens is 2. The summed E-state index contributed by atoms with van der Waals surface area (Å²) < 4.78 is 2.10. The molecule has 3 aliphatic rings. The third-order valence-electron chi connectivity index (χ3n) is 5.50. The molecule has 4 nitrogen and oxygen atoms in total. The first kappa shape index (κ1) is 10.1. The molecule has 3 N–H and O–H groups in total. The van der Waals surface area contributed by atoms with Gasteiger partial charge in [-0.3, -0.25) is 5.84 Å². The molecule has 1 aromatic heterocycles. The van der Waals surface area contributed by atoms with Gasteiger partial charge in [-0.05, 0) is 48.9 Å². The second-order valence-corrected chi connectivity index (χ2v) is 6.11. The summed E-state index contributed by atoms with van der Waals surface area (Å²) in [6.45, 7) is 0. The number of aryl methyl sites for hydroxylation is 1. The molecule has 3 aliphatic carbocycles. The summed E-state index contributed by atoms with van der Waals surface area (Å²) in [5, 5.41) is 0. The largest absolute Gasteiger partial charge is 0.337 e. The Kier molecular flexibility index (Phi) is 1.97. The van der Waals surface area contributed by atoms with Crippen molar-refractivity contribution in [2.45, 2.75) is 25.3 Å². The van der Waals surface area contributed by atoms with E-state index in [1.165, 1.54) is 19.3 Å². The zero-order valence-electron chi connectivity index (χ0n) is 10.2. The molecule has 3 saturated carbocycles. The lowest BCUT2D eigenvalue weighted by atomic mass is 9.97. The van der Waals surface area contributed by atoms with Crippen molar-refractivity contribution in [3.05, 3.63) is 18.2 Å². The minimum absolute atomic E-state index is 0.258. The van der Waals surface area contributed by atoms with E-state index in [9.17, 15) is 0 Å². The molecule has 4 rings (SSSR count). The molecule has 4 heteroatoms. The van der Waals surface area contributed by atoms with Gasteiger partial charge in [0.15, 0.2) is 0 Å². The van der Waals surface area contributed by atoms with Gasteiger partial charge in [-0.15, -0.1) is 0 Å². The predicted octanol–water partition coefficient (Wildman–Crippen LogP) is 1.22. The summed E-state index contributed by atoms with van der Waals surface area (Å²) >= 11 is 0. The Labute approximate surface area is 102 Å². The first-order valence-electron chi connectivity index (χ1n) is 6.74. The summed E-state index contributed by atoms with van der Waals surface area (Å²) in [4.78, 5) is 4.47. The molecule has 5 unspecified atom stereocenters. The Morgan fingerprint density at radius 1 is 1.41 bits per heavy atom. The molecule has 92 valence electrons. The molecule has 3 fully saturated rings. The highest BCUT2D eigenvalue weighted by Crippen LogP contribution is 2.71. The van der Waals surface area contributed by atoms with Gasteiger partial charge in [0, 0.05) is 19.4 Å². The van der Waals surface area contributed by atoms with Crippen molar-refractivity contribution >= 4 is 0 Å². The van der Waals surface area contributed by atoms with Crippen LogP contribution in [0.4, 0.5) is 0 Å². The Hall–Kier alpha value is -0.870. The zero-order chi connectivity index (χ0) is 11.6. The highest BCUT2D eigenvalue weighted by Gasteiger charge is 2.67. The van der Waals surface area contributed by atoms with Crippen molar-refractivity contribution in [2.24, 2.45) is 42.5 Å². The van der Waals surface area contributed by atoms with E-state index in [1.54, 1.807) is 0 Å². The van der Waals surface area contributed by atoms with Crippen molar-refractivity contribution in [1.82, 2.24) is 15.0 Å². The molecule has 17 heavy (non-hydrogen) atoms. The summed E-state index contributed by atoms with van der Waals surface area (Å²) in [5.41, 5.74) is 3.02. The third kappa shape index (κ3) is 1.23. The van der Waals surface area contributed by atoms with Gasteiger partial charge in [-0.1, -0.05) is 0 Å². The molecule has 2 bridgehead atoms. The second-order valence-electron chi connectivity index (χ2n) is 6.11. The van der Waals surface area contributed by atoms with Gasteiger partial charge < -0.3 is 4.57 Å². The molecule has 0 aliphatic heterocycles. The van der Waals surface area contributed by atoms with Crippen LogP contribution in [0.1, 0.15) is 31.1 Å². The van der Waals surface area contributed by atoms with Crippen LogP contribution in [0.25, 0.3) is 0 Å². The van der Waals surface area contributed by atoms with E-state index in [1.807, 2.05) is 12.4 Å². The molecule has 0 radical (unpaired) electrons. The molecule has 5 atom stereocenters. The average Bonchev–Trinajstić information content (AvgIpc) is 2.72. The normalized spacial score (nSPS) is 43.8. The molecule has 1 aromatic rings. The van der Waals surface area contributed by atoms with E-state index >= 15 is 0 Å². The fourth-order valence-electron chi connectivity index (χ4n) is 4.87. The van der Waals surface area contributed by atoms with Crippen LogP contribution in [0, 0.1) is 29.6 Å². The van der Waals surface area contributed by atoms with Gasteiger partial charge in [0.25, 0.3) is 0 Å². The highest BCUT2D eigenvalue weighted by molar-refractivity contribution is 5.19. The number of hydrazine groups is 1. The van der Waals surface area contributed by atoms with Crippen LogP contribution in [-0.4, -0.2) is 9.55 Å². The van der Waals surface area contributed by atoms with E-state index < -0.39 is 0 Å². The average molecular weight is 232 g/mol. The molecule has 1 heterocycles. The van der Waals surface area contributed by atoms with Gasteiger partial charge in [-0.25, -0.2) is 10.4 Å². The molecule has 0 amide bonds. The smallest absolute Gasteiger partial charge is 0.127 e. The van der Waals surface area contributed by atoms with Crippen molar-refractivity contribution in [3.63, 3.8) is 0 Å². The number of nitrogens with one attached hydrogen (secondary N) is 1. The van der Waals surface area contributed by atoms with Gasteiger partial charge in [0.05, 0.1) is 6.04 Å². The summed E-state index contributed by atoms with van der Waals surface area (Å²) in [5.74, 6) is 11.5. The van der Waals surface area contributed by atoms with Gasteiger partial charge in [0.1, 0.15) is 5.82 Å². The lowest BCUT2D eigenvalue weighted by Crippen LogP contribution is -2.33. The molecule has 0 aromatic carbocycles. The zero-order valence-corrected chi connectivity index (χ0v) is 10.2. The molecular weight excluding hydrogens is 212 g/mol. The standard InChI is InChI=1S/C13H20N4/c1-17-5-4-15-13(17)12(16-14)11-9-7-2-3-8(6-7)10(9)11/h4-5,7-12,16H,2-3,6,14H2,1H3. The minimum Gasteiger partial charge on any atom is -0.337 e. The van der Waals surface area contributed by atoms with E-state index in [4.69, 9.17) is 5.84 Å². The van der Waals surface area contributed by atoms with Crippen LogP contribution in [-0.2, 0) is 7.05 Å². The first-order valence-corrected chi connectivity index (χ1v) is 6.74. The maximum atomic E-state index is 5.79. The number of rotatable bonds is 3. The monoisotopic (exact) mass is 232 g/mol. The Morgan fingerprint density at radius 3 is 2.65 bits per heavy atom. The number of imidazole rings is 1. The SMILES string of the molecule is Cn1ccnc1C(NN)C1C2C3CCC(C3)C21. The van der Waals surface area contributed by atoms with Gasteiger partial charge in [0.2, 0.25) is 0 Å². The fraction of sp³-hybridized carbons (Fsp3) is 0.769. The topological polar surface area (TPSA) is 55.9 Å². The van der Waals surface area contributed by atoms with E-state index in [-0.39, 0.29) is 6.04 Å². The molecule has 0 spiro atoms. The fourth-order valence-corrected chi connectivity index (χ4v) is 4.87. The van der Waals surface area contributed by atoms with Crippen molar-refractivity contribution < 1.29 is 0 Å². The summed E-state index contributed by atoms with van der Waals surface area (Å²) in [6.07, 6.45) is 8.28.